The third kappa shape index (κ3) is 6.76. The largest absolute Gasteiger partial charge is 0.491 e. The Hall–Kier alpha value is -3.12. The van der Waals surface area contributed by atoms with Crippen molar-refractivity contribution in [1.82, 2.24) is 9.80 Å². The highest BCUT2D eigenvalue weighted by Gasteiger charge is 2.27. The molecule has 0 radical (unpaired) electrons. The van der Waals surface area contributed by atoms with Crippen LogP contribution in [-0.2, 0) is 17.6 Å². The van der Waals surface area contributed by atoms with Crippen molar-refractivity contribution >= 4 is 27.7 Å². The Morgan fingerprint density at radius 1 is 0.917 bits per heavy atom. The monoisotopic (exact) mass is 548 g/mol. The van der Waals surface area contributed by atoms with Gasteiger partial charge in [0.15, 0.2) is 0 Å². The minimum atomic E-state index is -0.163. The van der Waals surface area contributed by atoms with Gasteiger partial charge < -0.3 is 14.5 Å². The average molecular weight is 550 g/mol. The summed E-state index contributed by atoms with van der Waals surface area (Å²) in [5.74, 6) is 0.610. The molecule has 0 fully saturated rings. The van der Waals surface area contributed by atoms with Gasteiger partial charge in [0.2, 0.25) is 5.91 Å². The van der Waals surface area contributed by atoms with Crippen molar-refractivity contribution in [2.45, 2.75) is 38.1 Å². The van der Waals surface area contributed by atoms with Gasteiger partial charge in [-0.1, -0.05) is 76.6 Å². The van der Waals surface area contributed by atoms with Crippen molar-refractivity contribution in [3.05, 3.63) is 100 Å². The molecule has 3 aromatic carbocycles. The van der Waals surface area contributed by atoms with Crippen LogP contribution >= 0.6 is 15.9 Å². The zero-order valence-corrected chi connectivity index (χ0v) is 22.3. The summed E-state index contributed by atoms with van der Waals surface area (Å²) in [5.41, 5.74) is 2.68. The van der Waals surface area contributed by atoms with E-state index in [1.165, 1.54) is 0 Å². The van der Waals surface area contributed by atoms with Crippen molar-refractivity contribution in [2.75, 3.05) is 26.7 Å². The van der Waals surface area contributed by atoms with Gasteiger partial charge in [0, 0.05) is 24.6 Å². The molecule has 0 N–H and O–H groups in total. The van der Waals surface area contributed by atoms with Crippen LogP contribution in [0.1, 0.15) is 40.7 Å². The van der Waals surface area contributed by atoms with E-state index in [0.29, 0.717) is 43.9 Å². The smallest absolute Gasteiger partial charge is 0.257 e. The van der Waals surface area contributed by atoms with Crippen LogP contribution in [0.2, 0.25) is 0 Å². The number of para-hydroxylation sites is 1. The van der Waals surface area contributed by atoms with Gasteiger partial charge in [0.1, 0.15) is 12.4 Å². The Morgan fingerprint density at radius 2 is 1.61 bits per heavy atom. The number of rotatable bonds is 4. The third-order valence-electron chi connectivity index (χ3n) is 6.66. The van der Waals surface area contributed by atoms with Crippen LogP contribution in [0.15, 0.2) is 83.3 Å². The van der Waals surface area contributed by atoms with Gasteiger partial charge >= 0.3 is 0 Å². The van der Waals surface area contributed by atoms with Crippen LogP contribution in [-0.4, -0.2) is 54.4 Å². The minimum absolute atomic E-state index is 0.0358. The Kier molecular flexibility index (Phi) is 9.17. The topological polar surface area (TPSA) is 49.9 Å². The molecule has 1 heterocycles. The van der Waals surface area contributed by atoms with Gasteiger partial charge in [-0.05, 0) is 55.0 Å². The van der Waals surface area contributed by atoms with Crippen molar-refractivity contribution in [2.24, 2.45) is 0 Å². The molecule has 5 nitrogen and oxygen atoms in total. The van der Waals surface area contributed by atoms with E-state index in [4.69, 9.17) is 4.74 Å². The van der Waals surface area contributed by atoms with Crippen molar-refractivity contribution < 1.29 is 14.3 Å². The maximum atomic E-state index is 13.7. The summed E-state index contributed by atoms with van der Waals surface area (Å²) in [5, 5.41) is 0. The Balaban J connectivity index is 1.65. The lowest BCUT2D eigenvalue weighted by Gasteiger charge is -2.32. The van der Waals surface area contributed by atoms with E-state index in [9.17, 15) is 9.59 Å². The van der Waals surface area contributed by atoms with Crippen molar-refractivity contribution in [3.63, 3.8) is 0 Å². The van der Waals surface area contributed by atoms with Crippen LogP contribution in [0.4, 0.5) is 0 Å². The lowest BCUT2D eigenvalue weighted by molar-refractivity contribution is -0.133. The lowest BCUT2D eigenvalue weighted by atomic mass is 10.0. The molecular weight excluding hydrogens is 516 g/mol. The first-order chi connectivity index (χ1) is 17.5. The van der Waals surface area contributed by atoms with Crippen LogP contribution in [0.5, 0.6) is 5.75 Å². The molecule has 0 saturated carbocycles. The average Bonchev–Trinajstić information content (AvgIpc) is 2.90. The fourth-order valence-electron chi connectivity index (χ4n) is 4.63. The van der Waals surface area contributed by atoms with Gasteiger partial charge in [-0.15, -0.1) is 0 Å². The number of nitrogens with zero attached hydrogens (tertiary/aromatic N) is 2. The fraction of sp³-hybridized carbons (Fsp3) is 0.333. The van der Waals surface area contributed by atoms with Gasteiger partial charge in [-0.2, -0.15) is 0 Å². The Labute approximate surface area is 222 Å². The highest BCUT2D eigenvalue weighted by atomic mass is 79.9. The molecule has 36 heavy (non-hydrogen) atoms. The van der Waals surface area contributed by atoms with Crippen molar-refractivity contribution in [1.29, 1.82) is 0 Å². The third-order valence-corrected chi connectivity index (χ3v) is 7.44. The highest BCUT2D eigenvalue weighted by molar-refractivity contribution is 9.10. The number of halogens is 1. The molecule has 0 aromatic heterocycles. The number of hydrogen-bond acceptors (Lipinski definition) is 3. The molecule has 0 unspecified atom stereocenters. The molecule has 3 aromatic rings. The van der Waals surface area contributed by atoms with Crippen LogP contribution < -0.4 is 4.74 Å². The predicted octanol–water partition coefficient (Wildman–Crippen LogP) is 5.77. The molecule has 0 bridgehead atoms. The summed E-state index contributed by atoms with van der Waals surface area (Å²) in [7, 11) is 1.84. The van der Waals surface area contributed by atoms with Crippen LogP contribution in [0.3, 0.4) is 0 Å². The fourth-order valence-corrected chi connectivity index (χ4v) is 5.06. The SMILES string of the molecule is CN1CCCCCN(C(=O)Cc2ccccc2Br)[C@H](Cc2ccccc2)COc2ccccc2C1=O. The van der Waals surface area contributed by atoms with Gasteiger partial charge in [0.05, 0.1) is 18.0 Å². The van der Waals surface area contributed by atoms with E-state index >= 15 is 0 Å². The Morgan fingerprint density at radius 3 is 2.42 bits per heavy atom. The molecular formula is C30H33BrN2O3. The molecule has 1 atom stereocenters. The van der Waals surface area contributed by atoms with Crippen LogP contribution in [0.25, 0.3) is 0 Å². The summed E-state index contributed by atoms with van der Waals surface area (Å²) in [6.07, 6.45) is 3.71. The van der Waals surface area contributed by atoms with Gasteiger partial charge in [0.25, 0.3) is 5.91 Å². The second kappa shape index (κ2) is 12.7. The number of hydrogen-bond donors (Lipinski definition) is 0. The molecule has 0 spiro atoms. The summed E-state index contributed by atoms with van der Waals surface area (Å²) in [4.78, 5) is 30.6. The molecule has 0 saturated heterocycles. The number of amides is 2. The van der Waals surface area contributed by atoms with Gasteiger partial charge in [-0.25, -0.2) is 0 Å². The number of fused-ring (bicyclic) bond motifs is 1. The van der Waals surface area contributed by atoms with E-state index in [1.54, 1.807) is 4.90 Å². The molecule has 4 rings (SSSR count). The number of carbonyl (C=O) groups excluding carboxylic acids is 2. The predicted molar refractivity (Wildman–Crippen MR) is 146 cm³/mol. The van der Waals surface area contributed by atoms with E-state index in [0.717, 1.165) is 34.9 Å². The first-order valence-electron chi connectivity index (χ1n) is 12.6. The summed E-state index contributed by atoms with van der Waals surface area (Å²) in [6.45, 7) is 1.64. The van der Waals surface area contributed by atoms with E-state index in [2.05, 4.69) is 28.1 Å². The van der Waals surface area contributed by atoms with E-state index < -0.39 is 0 Å². The summed E-state index contributed by atoms with van der Waals surface area (Å²) >= 11 is 3.59. The van der Waals surface area contributed by atoms with Crippen molar-refractivity contribution in [3.8, 4) is 5.75 Å². The molecule has 0 aliphatic carbocycles. The molecule has 1 aliphatic heterocycles. The molecule has 2 amide bonds. The highest BCUT2D eigenvalue weighted by Crippen LogP contribution is 2.23. The maximum absolute atomic E-state index is 13.7. The maximum Gasteiger partial charge on any atom is 0.257 e. The normalized spacial score (nSPS) is 17.3. The second-order valence-corrected chi connectivity index (χ2v) is 10.1. The summed E-state index contributed by atoms with van der Waals surface area (Å²) < 4.78 is 7.25. The zero-order chi connectivity index (χ0) is 25.3. The quantitative estimate of drug-likeness (QED) is 0.416. The van der Waals surface area contributed by atoms with Gasteiger partial charge in [-0.3, -0.25) is 9.59 Å². The number of ether oxygens (including phenoxy) is 1. The standard InChI is InChI=1S/C30H33BrN2O3/c1-32-18-10-3-11-19-33(29(34)21-24-14-6-8-16-27(24)31)25(20-23-12-4-2-5-13-23)22-36-28-17-9-7-15-26(28)30(32)35/h2,4-9,12-17,25H,3,10-11,18-22H2,1H3/t25-/m1/s1. The second-order valence-electron chi connectivity index (χ2n) is 9.29. The number of carbonyl (C=O) groups is 2. The first-order valence-corrected chi connectivity index (χ1v) is 13.4. The Bertz CT molecular complexity index is 1170. The van der Waals surface area contributed by atoms with E-state index in [1.807, 2.05) is 78.7 Å². The lowest BCUT2D eigenvalue weighted by Crippen LogP contribution is -2.46. The molecule has 188 valence electrons. The molecule has 6 heteroatoms. The number of benzene rings is 3. The van der Waals surface area contributed by atoms with Crippen LogP contribution in [0, 0.1) is 0 Å². The zero-order valence-electron chi connectivity index (χ0n) is 20.7. The first kappa shape index (κ1) is 26.0. The summed E-state index contributed by atoms with van der Waals surface area (Å²) in [6, 6.07) is 25.3. The molecule has 1 aliphatic rings. The van der Waals surface area contributed by atoms with E-state index in [-0.39, 0.29) is 17.9 Å². The minimum Gasteiger partial charge on any atom is -0.491 e.